The third kappa shape index (κ3) is 6.64. The van der Waals surface area contributed by atoms with E-state index in [0.717, 1.165) is 11.3 Å². The number of phosphoric ester groups is 1. The van der Waals surface area contributed by atoms with Gasteiger partial charge in [0.15, 0.2) is 15.5 Å². The maximum atomic E-state index is 12.7. The summed E-state index contributed by atoms with van der Waals surface area (Å²) in [5, 5.41) is 0.439. The fourth-order valence-electron chi connectivity index (χ4n) is 4.53. The third-order valence-electron chi connectivity index (χ3n) is 6.41. The van der Waals surface area contributed by atoms with E-state index in [1.54, 1.807) is 29.2 Å². The molecule has 3 N–H and O–H groups in total. The lowest BCUT2D eigenvalue weighted by atomic mass is 10.1. The van der Waals surface area contributed by atoms with Gasteiger partial charge in [-0.25, -0.2) is 18.0 Å². The molecular formula is C25H27N4O8PS. The Labute approximate surface area is 224 Å². The molecule has 0 spiro atoms. The van der Waals surface area contributed by atoms with Crippen molar-refractivity contribution in [2.45, 2.75) is 6.10 Å². The summed E-state index contributed by atoms with van der Waals surface area (Å²) in [6.45, 7) is 0.448. The lowest BCUT2D eigenvalue weighted by molar-refractivity contribution is 0.0614. The number of nitrogens with one attached hydrogen (secondary N) is 1. The average Bonchev–Trinajstić information content (AvgIpc) is 3.29. The van der Waals surface area contributed by atoms with Crippen LogP contribution in [-0.4, -0.2) is 81.5 Å². The Balaban J connectivity index is 1.34. The number of para-hydroxylation sites is 1. The molecule has 1 atom stereocenters. The number of sulfone groups is 1. The van der Waals surface area contributed by atoms with Crippen LogP contribution in [0.25, 0.3) is 27.8 Å². The molecule has 1 saturated heterocycles. The number of H-pyrrole nitrogens is 1. The molecule has 1 aliphatic heterocycles. The molecule has 0 aliphatic carbocycles. The number of aromatic nitrogens is 3. The molecule has 0 amide bonds. The molecule has 4 aromatic rings. The Morgan fingerprint density at radius 1 is 1.05 bits per heavy atom. The second-order valence-corrected chi connectivity index (χ2v) is 12.7. The van der Waals surface area contributed by atoms with Crippen LogP contribution in [0.5, 0.6) is 5.75 Å². The summed E-state index contributed by atoms with van der Waals surface area (Å²) < 4.78 is 47.4. The maximum Gasteiger partial charge on any atom is 0.470 e. The molecule has 1 fully saturated rings. The zero-order valence-corrected chi connectivity index (χ0v) is 22.4. The second kappa shape index (κ2) is 11.0. The van der Waals surface area contributed by atoms with Gasteiger partial charge in [-0.3, -0.25) is 14.2 Å². The topological polar surface area (TPSA) is 164 Å². The summed E-state index contributed by atoms with van der Waals surface area (Å²) in [5.41, 5.74) is 2.53. The monoisotopic (exact) mass is 574 g/mol. The van der Waals surface area contributed by atoms with Gasteiger partial charge in [0.25, 0.3) is 5.56 Å². The highest BCUT2D eigenvalue weighted by atomic mass is 32.2. The minimum atomic E-state index is -4.80. The Kier molecular flexibility index (Phi) is 7.72. The first-order valence-electron chi connectivity index (χ1n) is 12.1. The lowest BCUT2D eigenvalue weighted by Crippen LogP contribution is -2.45. The zero-order valence-electron chi connectivity index (χ0n) is 20.7. The van der Waals surface area contributed by atoms with E-state index < -0.39 is 23.8 Å². The van der Waals surface area contributed by atoms with E-state index in [9.17, 15) is 27.6 Å². The number of phosphoric acid groups is 1. The molecule has 3 heterocycles. The number of hydrogen-bond acceptors (Lipinski definition) is 8. The van der Waals surface area contributed by atoms with Crippen molar-refractivity contribution < 1.29 is 32.0 Å². The van der Waals surface area contributed by atoms with Crippen LogP contribution < -0.4 is 10.3 Å². The van der Waals surface area contributed by atoms with Gasteiger partial charge in [0.2, 0.25) is 0 Å². The van der Waals surface area contributed by atoms with Gasteiger partial charge < -0.3 is 24.1 Å². The second-order valence-electron chi connectivity index (χ2n) is 9.18. The standard InChI is InChI=1S/C25H27N4O8PS/c30-25-23-22(15-29(24(23)26-17-27-25)19-4-2-1-3-5-19)18-6-8-20(9-7-18)36-16-21(37-38(31,32)33)14-28-10-12-39(34,35)13-11-28/h1-9,15,17,21H,10-14,16H2,(H,26,27,30)(H2,31,32,33). The van der Waals surface area contributed by atoms with Crippen molar-refractivity contribution in [2.24, 2.45) is 0 Å². The van der Waals surface area contributed by atoms with Crippen molar-refractivity contribution in [3.63, 3.8) is 0 Å². The average molecular weight is 575 g/mol. The van der Waals surface area contributed by atoms with Crippen LogP contribution in [0.3, 0.4) is 0 Å². The molecule has 2 aromatic heterocycles. The lowest BCUT2D eigenvalue weighted by Gasteiger charge is -2.30. The molecule has 0 saturated carbocycles. The third-order valence-corrected chi connectivity index (χ3v) is 8.59. The van der Waals surface area contributed by atoms with Crippen LogP contribution in [-0.2, 0) is 18.9 Å². The SMILES string of the molecule is O=c1[nH]cnc2c1c(-c1ccc(OCC(CN3CCS(=O)(=O)CC3)OP(=O)(O)O)cc1)cn2-c1ccccc1. The normalized spacial score (nSPS) is 16.8. The Morgan fingerprint density at radius 2 is 1.74 bits per heavy atom. The predicted octanol–water partition coefficient (Wildman–Crippen LogP) is 1.97. The summed E-state index contributed by atoms with van der Waals surface area (Å²) in [6.07, 6.45) is 2.23. The minimum absolute atomic E-state index is 0.0169. The Hall–Kier alpha value is -3.32. The molecule has 206 valence electrons. The number of benzene rings is 2. The number of ether oxygens (including phenoxy) is 1. The highest BCUT2D eigenvalue weighted by Crippen LogP contribution is 2.38. The molecule has 0 radical (unpaired) electrons. The quantitative estimate of drug-likeness (QED) is 0.252. The van der Waals surface area contributed by atoms with Gasteiger partial charge in [-0.1, -0.05) is 30.3 Å². The van der Waals surface area contributed by atoms with Crippen molar-refractivity contribution in [1.29, 1.82) is 0 Å². The summed E-state index contributed by atoms with van der Waals surface area (Å²) >= 11 is 0. The van der Waals surface area contributed by atoms with Gasteiger partial charge in [0.1, 0.15) is 18.5 Å². The van der Waals surface area contributed by atoms with Gasteiger partial charge in [0.05, 0.1) is 23.2 Å². The first kappa shape index (κ1) is 27.3. The van der Waals surface area contributed by atoms with E-state index in [1.165, 1.54) is 6.33 Å². The van der Waals surface area contributed by atoms with Crippen molar-refractivity contribution in [3.05, 3.63) is 77.5 Å². The largest absolute Gasteiger partial charge is 0.491 e. The number of aromatic amines is 1. The van der Waals surface area contributed by atoms with Crippen LogP contribution >= 0.6 is 7.82 Å². The number of hydrogen-bond donors (Lipinski definition) is 3. The van der Waals surface area contributed by atoms with Gasteiger partial charge in [-0.2, -0.15) is 0 Å². The van der Waals surface area contributed by atoms with Crippen LogP contribution in [0, 0.1) is 0 Å². The minimum Gasteiger partial charge on any atom is -0.491 e. The van der Waals surface area contributed by atoms with E-state index in [0.29, 0.717) is 22.3 Å². The van der Waals surface area contributed by atoms with Gasteiger partial charge in [-0.05, 0) is 29.8 Å². The fraction of sp³-hybridized carbons (Fsp3) is 0.280. The highest BCUT2D eigenvalue weighted by molar-refractivity contribution is 7.91. The summed E-state index contributed by atoms with van der Waals surface area (Å²) in [5.74, 6) is 0.395. The molecule has 12 nitrogen and oxygen atoms in total. The van der Waals surface area contributed by atoms with Gasteiger partial charge in [0, 0.05) is 37.1 Å². The fourth-order valence-corrected chi connectivity index (χ4v) is 6.32. The first-order chi connectivity index (χ1) is 18.6. The van der Waals surface area contributed by atoms with Gasteiger partial charge >= 0.3 is 7.82 Å². The summed E-state index contributed by atoms with van der Waals surface area (Å²) in [4.78, 5) is 40.2. The van der Waals surface area contributed by atoms with E-state index in [4.69, 9.17) is 9.26 Å². The molecule has 1 unspecified atom stereocenters. The molecule has 14 heteroatoms. The molecule has 0 bridgehead atoms. The molecule has 39 heavy (non-hydrogen) atoms. The molecule has 5 rings (SSSR count). The molecule has 2 aromatic carbocycles. The van der Waals surface area contributed by atoms with Crippen LogP contribution in [0.1, 0.15) is 0 Å². The van der Waals surface area contributed by atoms with Crippen LogP contribution in [0.2, 0.25) is 0 Å². The van der Waals surface area contributed by atoms with Crippen LogP contribution in [0.15, 0.2) is 71.9 Å². The first-order valence-corrected chi connectivity index (χ1v) is 15.5. The van der Waals surface area contributed by atoms with Crippen molar-refractivity contribution in [2.75, 3.05) is 37.7 Å². The zero-order chi connectivity index (χ0) is 27.6. The summed E-state index contributed by atoms with van der Waals surface area (Å²) in [6, 6.07) is 16.5. The highest BCUT2D eigenvalue weighted by Gasteiger charge is 2.28. The summed E-state index contributed by atoms with van der Waals surface area (Å²) in [7, 11) is -7.90. The van der Waals surface area contributed by atoms with E-state index >= 15 is 0 Å². The van der Waals surface area contributed by atoms with Crippen molar-refractivity contribution >= 4 is 28.7 Å². The Bertz CT molecular complexity index is 1650. The number of nitrogens with zero attached hydrogens (tertiary/aromatic N) is 3. The molecular weight excluding hydrogens is 547 g/mol. The van der Waals surface area contributed by atoms with Crippen molar-refractivity contribution in [1.82, 2.24) is 19.4 Å². The van der Waals surface area contributed by atoms with Crippen molar-refractivity contribution in [3.8, 4) is 22.6 Å². The van der Waals surface area contributed by atoms with Crippen LogP contribution in [0.4, 0.5) is 0 Å². The van der Waals surface area contributed by atoms with E-state index in [-0.39, 0.29) is 43.3 Å². The van der Waals surface area contributed by atoms with E-state index in [1.807, 2.05) is 41.1 Å². The van der Waals surface area contributed by atoms with Gasteiger partial charge in [-0.15, -0.1) is 0 Å². The number of fused-ring (bicyclic) bond motifs is 1. The Morgan fingerprint density at radius 3 is 2.41 bits per heavy atom. The number of rotatable bonds is 9. The van der Waals surface area contributed by atoms with E-state index in [2.05, 4.69) is 9.97 Å². The molecule has 1 aliphatic rings. The predicted molar refractivity (Wildman–Crippen MR) is 145 cm³/mol. The maximum absolute atomic E-state index is 12.7. The smallest absolute Gasteiger partial charge is 0.470 e.